The highest BCUT2D eigenvalue weighted by molar-refractivity contribution is 7.92. The van der Waals surface area contributed by atoms with Gasteiger partial charge in [0.1, 0.15) is 12.3 Å². The fourth-order valence-electron chi connectivity index (χ4n) is 2.81. The van der Waals surface area contributed by atoms with Gasteiger partial charge in [-0.25, -0.2) is 8.42 Å². The third kappa shape index (κ3) is 5.11. The van der Waals surface area contributed by atoms with Gasteiger partial charge in [0.2, 0.25) is 5.91 Å². The number of amides is 1. The van der Waals surface area contributed by atoms with E-state index >= 15 is 0 Å². The summed E-state index contributed by atoms with van der Waals surface area (Å²) in [5.41, 5.74) is 0.754. The maximum Gasteiger partial charge on any atom is 0.264 e. The molecular weight excluding hydrogens is 424 g/mol. The number of sulfonamides is 1. The van der Waals surface area contributed by atoms with Crippen LogP contribution in [0, 0.1) is 0 Å². The van der Waals surface area contributed by atoms with Gasteiger partial charge in [0.15, 0.2) is 0 Å². The van der Waals surface area contributed by atoms with E-state index < -0.39 is 22.5 Å². The molecule has 3 aromatic rings. The van der Waals surface area contributed by atoms with E-state index in [-0.39, 0.29) is 15.6 Å². The third-order valence-corrected chi connectivity index (χ3v) is 6.28. The minimum Gasteiger partial charge on any atom is -0.494 e. The molecule has 1 N–H and O–H groups in total. The number of hydrogen-bond donors (Lipinski definition) is 1. The minimum atomic E-state index is -4.01. The van der Waals surface area contributed by atoms with E-state index in [2.05, 4.69) is 5.32 Å². The van der Waals surface area contributed by atoms with Gasteiger partial charge in [0.25, 0.3) is 10.0 Å². The van der Waals surface area contributed by atoms with Gasteiger partial charge >= 0.3 is 0 Å². The summed E-state index contributed by atoms with van der Waals surface area (Å²) in [5, 5.41) is 2.94. The fraction of sp³-hybridized carbons (Fsp3) is 0.136. The first kappa shape index (κ1) is 21.7. The van der Waals surface area contributed by atoms with Crippen LogP contribution >= 0.6 is 11.6 Å². The minimum absolute atomic E-state index is 0.0683. The summed E-state index contributed by atoms with van der Waals surface area (Å²) < 4.78 is 32.9. The number of ether oxygens (including phenoxy) is 1. The Morgan fingerprint density at radius 3 is 2.23 bits per heavy atom. The van der Waals surface area contributed by atoms with Gasteiger partial charge in [-0.05, 0) is 55.5 Å². The molecule has 0 aromatic heterocycles. The molecule has 156 valence electrons. The lowest BCUT2D eigenvalue weighted by Gasteiger charge is -2.25. The Hall–Kier alpha value is -3.03. The second-order valence-corrected chi connectivity index (χ2v) is 8.55. The molecule has 1 amide bonds. The van der Waals surface area contributed by atoms with E-state index in [0.29, 0.717) is 18.0 Å². The molecule has 0 radical (unpaired) electrons. The Morgan fingerprint density at radius 1 is 0.967 bits per heavy atom. The van der Waals surface area contributed by atoms with Crippen molar-refractivity contribution in [2.75, 3.05) is 22.8 Å². The number of carbonyl (C=O) groups is 1. The predicted molar refractivity (Wildman–Crippen MR) is 119 cm³/mol. The van der Waals surface area contributed by atoms with Gasteiger partial charge in [-0.2, -0.15) is 0 Å². The van der Waals surface area contributed by atoms with Gasteiger partial charge in [0, 0.05) is 5.69 Å². The molecule has 0 aliphatic rings. The molecule has 0 saturated carbocycles. The average molecular weight is 445 g/mol. The van der Waals surface area contributed by atoms with Crippen LogP contribution in [0.25, 0.3) is 0 Å². The summed E-state index contributed by atoms with van der Waals surface area (Å²) in [6, 6.07) is 21.3. The largest absolute Gasteiger partial charge is 0.494 e. The lowest BCUT2D eigenvalue weighted by molar-refractivity contribution is -0.114. The van der Waals surface area contributed by atoms with Crippen LogP contribution in [0.15, 0.2) is 83.8 Å². The van der Waals surface area contributed by atoms with Gasteiger partial charge in [-0.1, -0.05) is 41.9 Å². The maximum atomic E-state index is 13.3. The molecule has 0 unspecified atom stereocenters. The van der Waals surface area contributed by atoms with E-state index in [4.69, 9.17) is 16.3 Å². The van der Waals surface area contributed by atoms with Crippen molar-refractivity contribution >= 4 is 38.9 Å². The van der Waals surface area contributed by atoms with E-state index in [1.807, 2.05) is 6.92 Å². The lowest BCUT2D eigenvalue weighted by atomic mass is 10.3. The van der Waals surface area contributed by atoms with Crippen LogP contribution in [0.1, 0.15) is 6.92 Å². The smallest absolute Gasteiger partial charge is 0.264 e. The van der Waals surface area contributed by atoms with Crippen molar-refractivity contribution in [1.29, 1.82) is 0 Å². The molecule has 8 heteroatoms. The molecule has 0 bridgehead atoms. The zero-order chi connectivity index (χ0) is 21.6. The highest BCUT2D eigenvalue weighted by Gasteiger charge is 2.28. The maximum absolute atomic E-state index is 13.3. The molecule has 6 nitrogen and oxygen atoms in total. The molecule has 0 saturated heterocycles. The van der Waals surface area contributed by atoms with Crippen molar-refractivity contribution in [3.63, 3.8) is 0 Å². The molecular formula is C22H21ClN2O4S. The van der Waals surface area contributed by atoms with Crippen molar-refractivity contribution in [1.82, 2.24) is 0 Å². The van der Waals surface area contributed by atoms with Crippen LogP contribution in [-0.2, 0) is 14.8 Å². The van der Waals surface area contributed by atoms with E-state index in [0.717, 1.165) is 4.31 Å². The SMILES string of the molecule is CCOc1ccc(NC(=O)CN(c2ccccc2Cl)S(=O)(=O)c2ccccc2)cc1. The first-order valence-electron chi connectivity index (χ1n) is 9.27. The molecule has 0 fully saturated rings. The number of benzene rings is 3. The first-order valence-corrected chi connectivity index (χ1v) is 11.1. The number of anilines is 2. The van der Waals surface area contributed by atoms with Crippen LogP contribution < -0.4 is 14.4 Å². The highest BCUT2D eigenvalue weighted by Crippen LogP contribution is 2.30. The summed E-state index contributed by atoms with van der Waals surface area (Å²) in [5.74, 6) is 0.179. The molecule has 0 atom stereocenters. The molecule has 0 aliphatic heterocycles. The molecule has 30 heavy (non-hydrogen) atoms. The Morgan fingerprint density at radius 2 is 1.60 bits per heavy atom. The van der Waals surface area contributed by atoms with E-state index in [1.54, 1.807) is 66.7 Å². The van der Waals surface area contributed by atoms with Crippen molar-refractivity contribution in [2.45, 2.75) is 11.8 Å². The number of rotatable bonds is 8. The average Bonchev–Trinajstić information content (AvgIpc) is 2.75. The summed E-state index contributed by atoms with van der Waals surface area (Å²) in [4.78, 5) is 12.8. The zero-order valence-corrected chi connectivity index (χ0v) is 17.9. The number of para-hydroxylation sites is 1. The predicted octanol–water partition coefficient (Wildman–Crippen LogP) is 4.57. The molecule has 3 aromatic carbocycles. The second-order valence-electron chi connectivity index (χ2n) is 6.28. The van der Waals surface area contributed by atoms with Crippen molar-refractivity contribution in [3.8, 4) is 5.75 Å². The van der Waals surface area contributed by atoms with E-state index in [1.165, 1.54) is 12.1 Å². The van der Waals surface area contributed by atoms with E-state index in [9.17, 15) is 13.2 Å². The van der Waals surface area contributed by atoms with Crippen LogP contribution in [0.5, 0.6) is 5.75 Å². The van der Waals surface area contributed by atoms with Crippen LogP contribution in [0.4, 0.5) is 11.4 Å². The first-order chi connectivity index (χ1) is 14.4. The summed E-state index contributed by atoms with van der Waals surface area (Å²) in [6.07, 6.45) is 0. The molecule has 0 aliphatic carbocycles. The van der Waals surface area contributed by atoms with Crippen LogP contribution in [0.2, 0.25) is 5.02 Å². The Balaban J connectivity index is 1.88. The standard InChI is InChI=1S/C22H21ClN2O4S/c1-2-29-18-14-12-17(13-15-18)24-22(26)16-25(21-11-7-6-10-20(21)23)30(27,28)19-8-4-3-5-9-19/h3-15H,2,16H2,1H3,(H,24,26). The van der Waals surface area contributed by atoms with Gasteiger partial charge < -0.3 is 10.1 Å². The van der Waals surface area contributed by atoms with Crippen LogP contribution in [-0.4, -0.2) is 27.5 Å². The van der Waals surface area contributed by atoms with Crippen molar-refractivity contribution in [2.24, 2.45) is 0 Å². The summed E-state index contributed by atoms with van der Waals surface area (Å²) in [6.45, 7) is 1.98. The number of carbonyl (C=O) groups excluding carboxylic acids is 1. The zero-order valence-electron chi connectivity index (χ0n) is 16.3. The summed E-state index contributed by atoms with van der Waals surface area (Å²) in [7, 11) is -4.01. The Bertz CT molecular complexity index is 1100. The molecule has 3 rings (SSSR count). The fourth-order valence-corrected chi connectivity index (χ4v) is 4.55. The monoisotopic (exact) mass is 444 g/mol. The number of nitrogens with one attached hydrogen (secondary N) is 1. The number of nitrogens with zero attached hydrogens (tertiary/aromatic N) is 1. The van der Waals surface area contributed by atoms with Crippen molar-refractivity contribution < 1.29 is 17.9 Å². The van der Waals surface area contributed by atoms with Gasteiger partial charge in [-0.15, -0.1) is 0 Å². The molecule has 0 heterocycles. The quantitative estimate of drug-likeness (QED) is 0.552. The lowest BCUT2D eigenvalue weighted by Crippen LogP contribution is -2.38. The Kier molecular flexibility index (Phi) is 6.97. The third-order valence-electron chi connectivity index (χ3n) is 4.19. The number of halogens is 1. The number of hydrogen-bond acceptors (Lipinski definition) is 4. The molecule has 0 spiro atoms. The topological polar surface area (TPSA) is 75.7 Å². The van der Waals surface area contributed by atoms with Gasteiger partial charge in [-0.3, -0.25) is 9.10 Å². The second kappa shape index (κ2) is 9.65. The normalized spacial score (nSPS) is 11.0. The Labute approximate surface area is 181 Å². The van der Waals surface area contributed by atoms with Crippen molar-refractivity contribution in [3.05, 3.63) is 83.9 Å². The summed E-state index contributed by atoms with van der Waals surface area (Å²) >= 11 is 6.25. The van der Waals surface area contributed by atoms with Crippen LogP contribution in [0.3, 0.4) is 0 Å². The van der Waals surface area contributed by atoms with Gasteiger partial charge in [0.05, 0.1) is 22.2 Å². The highest BCUT2D eigenvalue weighted by atomic mass is 35.5.